The average Bonchev–Trinajstić information content (AvgIpc) is 2.97. The molecule has 1 atom stereocenters. The van der Waals surface area contributed by atoms with Gasteiger partial charge in [0.1, 0.15) is 5.25 Å². The third-order valence-electron chi connectivity index (χ3n) is 4.66. The number of sulfone groups is 1. The Labute approximate surface area is 143 Å². The number of amides is 1. The minimum Gasteiger partial charge on any atom is -0.308 e. The fraction of sp³-hybridized carbons (Fsp3) is 0.316. The summed E-state index contributed by atoms with van der Waals surface area (Å²) in [4.78, 5) is 14.6. The Bertz CT molecular complexity index is 821. The molecule has 0 bridgehead atoms. The maximum Gasteiger partial charge on any atom is 0.245 e. The van der Waals surface area contributed by atoms with E-state index >= 15 is 0 Å². The highest BCUT2D eigenvalue weighted by Gasteiger charge is 2.36. The summed E-state index contributed by atoms with van der Waals surface area (Å²) in [6.45, 7) is 1.47. The topological polar surface area (TPSA) is 54.5 Å². The van der Waals surface area contributed by atoms with E-state index in [4.69, 9.17) is 0 Å². The van der Waals surface area contributed by atoms with Crippen molar-refractivity contribution in [2.24, 2.45) is 0 Å². The van der Waals surface area contributed by atoms with Crippen molar-refractivity contribution < 1.29 is 13.2 Å². The van der Waals surface area contributed by atoms with Crippen molar-refractivity contribution in [3.8, 4) is 0 Å². The predicted octanol–water partition coefficient (Wildman–Crippen LogP) is 2.62. The van der Waals surface area contributed by atoms with E-state index in [0.717, 1.165) is 24.8 Å². The summed E-state index contributed by atoms with van der Waals surface area (Å²) in [6, 6.07) is 17.4. The number of hydrogen-bond acceptors (Lipinski definition) is 3. The lowest BCUT2D eigenvalue weighted by Crippen LogP contribution is -2.47. The number of rotatable bonds is 4. The molecule has 0 heterocycles. The molecule has 2 aromatic carbocycles. The zero-order valence-corrected chi connectivity index (χ0v) is 14.7. The summed E-state index contributed by atoms with van der Waals surface area (Å²) in [6.07, 6.45) is 2.60. The maximum atomic E-state index is 13.0. The lowest BCUT2D eigenvalue weighted by Gasteiger charge is -2.31. The third kappa shape index (κ3) is 3.22. The van der Waals surface area contributed by atoms with E-state index in [1.807, 2.05) is 42.5 Å². The highest BCUT2D eigenvalue weighted by atomic mass is 32.2. The number of anilines is 1. The molecule has 1 aliphatic carbocycles. The first-order valence-electron chi connectivity index (χ1n) is 8.01. The number of fused-ring (bicyclic) bond motifs is 1. The van der Waals surface area contributed by atoms with Gasteiger partial charge in [-0.25, -0.2) is 8.42 Å². The van der Waals surface area contributed by atoms with Crippen LogP contribution in [0.25, 0.3) is 0 Å². The Kier molecular flexibility index (Phi) is 4.45. The molecule has 0 saturated heterocycles. The van der Waals surface area contributed by atoms with Gasteiger partial charge in [-0.15, -0.1) is 0 Å². The third-order valence-corrected chi connectivity index (χ3v) is 6.14. The van der Waals surface area contributed by atoms with Crippen LogP contribution in [0.15, 0.2) is 54.6 Å². The minimum absolute atomic E-state index is 0.0542. The lowest BCUT2D eigenvalue weighted by atomic mass is 10.1. The van der Waals surface area contributed by atoms with Gasteiger partial charge in [0.05, 0.1) is 0 Å². The Morgan fingerprint density at radius 3 is 2.00 bits per heavy atom. The summed E-state index contributed by atoms with van der Waals surface area (Å²) in [5.74, 6) is -0.360. The van der Waals surface area contributed by atoms with Crippen LogP contribution in [0.4, 0.5) is 5.69 Å². The zero-order valence-electron chi connectivity index (χ0n) is 13.8. The normalized spacial score (nSPS) is 15.8. The number of carbonyl (C=O) groups excluding carboxylic acids is 1. The molecule has 0 unspecified atom stereocenters. The van der Waals surface area contributed by atoms with E-state index in [0.29, 0.717) is 0 Å². The molecule has 0 aromatic heterocycles. The van der Waals surface area contributed by atoms with E-state index in [1.165, 1.54) is 18.1 Å². The van der Waals surface area contributed by atoms with Crippen LogP contribution in [0.2, 0.25) is 0 Å². The van der Waals surface area contributed by atoms with Crippen LogP contribution < -0.4 is 4.90 Å². The van der Waals surface area contributed by atoms with Crippen molar-refractivity contribution >= 4 is 21.4 Å². The molecule has 0 aliphatic heterocycles. The van der Waals surface area contributed by atoms with E-state index in [9.17, 15) is 13.2 Å². The molecule has 1 amide bonds. The first kappa shape index (κ1) is 16.7. The number of nitrogens with zero attached hydrogens (tertiary/aromatic N) is 1. The van der Waals surface area contributed by atoms with Crippen molar-refractivity contribution in [2.45, 2.75) is 31.1 Å². The van der Waals surface area contributed by atoms with Gasteiger partial charge in [0.25, 0.3) is 0 Å². The number of hydrogen-bond donors (Lipinski definition) is 0. The second kappa shape index (κ2) is 6.40. The van der Waals surface area contributed by atoms with Crippen LogP contribution in [0, 0.1) is 0 Å². The zero-order chi connectivity index (χ0) is 17.3. The van der Waals surface area contributed by atoms with Crippen molar-refractivity contribution in [1.29, 1.82) is 0 Å². The van der Waals surface area contributed by atoms with Gasteiger partial charge in [0.15, 0.2) is 9.84 Å². The van der Waals surface area contributed by atoms with Crippen LogP contribution in [-0.4, -0.2) is 31.9 Å². The lowest BCUT2D eigenvalue weighted by molar-refractivity contribution is -0.118. The summed E-state index contributed by atoms with van der Waals surface area (Å²) in [5, 5.41) is -1.05. The second-order valence-electron chi connectivity index (χ2n) is 6.35. The van der Waals surface area contributed by atoms with Gasteiger partial charge in [-0.1, -0.05) is 42.5 Å². The number of benzene rings is 2. The average molecular weight is 343 g/mol. The SMILES string of the molecule is C[C@@H](C(=O)N(c1ccccc1)C1Cc2ccccc2C1)S(C)(=O)=O. The summed E-state index contributed by atoms with van der Waals surface area (Å²) in [7, 11) is -3.44. The van der Waals surface area contributed by atoms with E-state index < -0.39 is 15.1 Å². The Morgan fingerprint density at radius 2 is 1.50 bits per heavy atom. The molecule has 24 heavy (non-hydrogen) atoms. The molecule has 0 fully saturated rings. The molecule has 0 saturated carbocycles. The molecule has 3 rings (SSSR count). The van der Waals surface area contributed by atoms with Crippen molar-refractivity contribution in [3.63, 3.8) is 0 Å². The highest BCUT2D eigenvalue weighted by Crippen LogP contribution is 2.30. The fourth-order valence-electron chi connectivity index (χ4n) is 3.20. The largest absolute Gasteiger partial charge is 0.308 e. The van der Waals surface area contributed by atoms with Crippen molar-refractivity contribution in [2.75, 3.05) is 11.2 Å². The summed E-state index contributed by atoms with van der Waals surface area (Å²) < 4.78 is 23.8. The first-order chi connectivity index (χ1) is 11.4. The molecule has 4 nitrogen and oxygen atoms in total. The van der Waals surface area contributed by atoms with Gasteiger partial charge in [0.2, 0.25) is 5.91 Å². The van der Waals surface area contributed by atoms with E-state index in [1.54, 1.807) is 4.90 Å². The van der Waals surface area contributed by atoms with Crippen LogP contribution in [0.5, 0.6) is 0 Å². The van der Waals surface area contributed by atoms with Crippen LogP contribution in [-0.2, 0) is 27.5 Å². The summed E-state index contributed by atoms with van der Waals surface area (Å²) in [5.41, 5.74) is 3.20. The molecular weight excluding hydrogens is 322 g/mol. The molecule has 5 heteroatoms. The van der Waals surface area contributed by atoms with E-state index in [-0.39, 0.29) is 11.9 Å². The van der Waals surface area contributed by atoms with Gasteiger partial charge in [-0.2, -0.15) is 0 Å². The summed E-state index contributed by atoms with van der Waals surface area (Å²) >= 11 is 0. The standard InChI is InChI=1S/C19H21NO3S/c1-14(24(2,22)23)19(21)20(17-10-4-3-5-11-17)18-12-15-8-6-7-9-16(15)13-18/h3-11,14,18H,12-13H2,1-2H3/t14-/m0/s1. The minimum atomic E-state index is -3.44. The molecule has 1 aliphatic rings. The Hall–Kier alpha value is -2.14. The van der Waals surface area contributed by atoms with Crippen LogP contribution in [0.1, 0.15) is 18.1 Å². The Balaban J connectivity index is 1.97. The quantitative estimate of drug-likeness (QED) is 0.857. The van der Waals surface area contributed by atoms with Crippen LogP contribution in [0.3, 0.4) is 0 Å². The highest BCUT2D eigenvalue weighted by molar-refractivity contribution is 7.92. The van der Waals surface area contributed by atoms with Crippen molar-refractivity contribution in [1.82, 2.24) is 0 Å². The maximum absolute atomic E-state index is 13.0. The van der Waals surface area contributed by atoms with Gasteiger partial charge >= 0.3 is 0 Å². The van der Waals surface area contributed by atoms with Gasteiger partial charge in [-0.3, -0.25) is 4.79 Å². The molecule has 0 N–H and O–H groups in total. The molecular formula is C19H21NO3S. The number of carbonyl (C=O) groups is 1. The van der Waals surface area contributed by atoms with E-state index in [2.05, 4.69) is 12.1 Å². The Morgan fingerprint density at radius 1 is 1.00 bits per heavy atom. The van der Waals surface area contributed by atoms with Gasteiger partial charge in [0, 0.05) is 18.0 Å². The molecule has 0 radical (unpaired) electrons. The molecule has 2 aromatic rings. The second-order valence-corrected chi connectivity index (χ2v) is 8.71. The predicted molar refractivity (Wildman–Crippen MR) is 95.9 cm³/mol. The monoisotopic (exact) mass is 343 g/mol. The molecule has 126 valence electrons. The van der Waals surface area contributed by atoms with Crippen LogP contribution >= 0.6 is 0 Å². The number of para-hydroxylation sites is 1. The van der Waals surface area contributed by atoms with Gasteiger partial charge < -0.3 is 4.90 Å². The smallest absolute Gasteiger partial charge is 0.245 e. The molecule has 0 spiro atoms. The fourth-order valence-corrected chi connectivity index (χ4v) is 3.68. The van der Waals surface area contributed by atoms with Gasteiger partial charge in [-0.05, 0) is 43.0 Å². The first-order valence-corrected chi connectivity index (χ1v) is 9.97. The van der Waals surface area contributed by atoms with Crippen molar-refractivity contribution in [3.05, 3.63) is 65.7 Å².